The molecule has 130 valence electrons. The number of nitrogens with zero attached hydrogens (tertiary/aromatic N) is 2. The van der Waals surface area contributed by atoms with Gasteiger partial charge in [-0.1, -0.05) is 30.7 Å². The van der Waals surface area contributed by atoms with Crippen LogP contribution in [-0.4, -0.2) is 22.0 Å². The van der Waals surface area contributed by atoms with E-state index in [-0.39, 0.29) is 5.91 Å². The zero-order valence-electron chi connectivity index (χ0n) is 14.3. The fourth-order valence-corrected chi connectivity index (χ4v) is 3.07. The van der Waals surface area contributed by atoms with Crippen LogP contribution in [0.5, 0.6) is 0 Å². The number of rotatable bonds is 7. The molecule has 1 heterocycles. The van der Waals surface area contributed by atoms with Crippen molar-refractivity contribution in [2.75, 3.05) is 6.54 Å². The number of hydrogen-bond acceptors (Lipinski definition) is 2. The van der Waals surface area contributed by atoms with Gasteiger partial charge in [-0.3, -0.25) is 4.79 Å². The van der Waals surface area contributed by atoms with Gasteiger partial charge in [0.15, 0.2) is 0 Å². The molecular weight excluding hydrogens is 334 g/mol. The van der Waals surface area contributed by atoms with Crippen molar-refractivity contribution < 1.29 is 4.79 Å². The molecule has 3 aromatic rings. The molecule has 3 rings (SSSR count). The SMILES string of the molecule is CCCn1c(CCCNC(=O)c2ccc(Cl)cc2)nc2ccccc21. The summed E-state index contributed by atoms with van der Waals surface area (Å²) >= 11 is 5.84. The van der Waals surface area contributed by atoms with E-state index in [1.54, 1.807) is 24.3 Å². The Hall–Kier alpha value is -2.33. The number of halogens is 1. The Bertz CT molecular complexity index is 855. The number of hydrogen-bond donors (Lipinski definition) is 1. The van der Waals surface area contributed by atoms with Crippen molar-refractivity contribution in [3.8, 4) is 0 Å². The van der Waals surface area contributed by atoms with Crippen molar-refractivity contribution in [3.05, 3.63) is 64.9 Å². The predicted molar refractivity (Wildman–Crippen MR) is 102 cm³/mol. The predicted octanol–water partition coefficient (Wildman–Crippen LogP) is 4.46. The quantitative estimate of drug-likeness (QED) is 0.636. The van der Waals surface area contributed by atoms with Gasteiger partial charge < -0.3 is 9.88 Å². The van der Waals surface area contributed by atoms with Crippen molar-refractivity contribution in [3.63, 3.8) is 0 Å². The molecule has 0 atom stereocenters. The van der Waals surface area contributed by atoms with Crippen LogP contribution in [0.25, 0.3) is 11.0 Å². The van der Waals surface area contributed by atoms with Crippen molar-refractivity contribution in [1.29, 1.82) is 0 Å². The lowest BCUT2D eigenvalue weighted by atomic mass is 10.2. The number of aryl methyl sites for hydroxylation is 2. The summed E-state index contributed by atoms with van der Waals surface area (Å²) in [6.07, 6.45) is 2.77. The number of para-hydroxylation sites is 2. The van der Waals surface area contributed by atoms with Gasteiger partial charge in [0.1, 0.15) is 5.82 Å². The van der Waals surface area contributed by atoms with Crippen molar-refractivity contribution >= 4 is 28.5 Å². The summed E-state index contributed by atoms with van der Waals surface area (Å²) in [5.74, 6) is 1.02. The van der Waals surface area contributed by atoms with Gasteiger partial charge in [-0.05, 0) is 49.2 Å². The molecule has 2 aromatic carbocycles. The molecule has 1 aromatic heterocycles. The van der Waals surface area contributed by atoms with E-state index in [2.05, 4.69) is 22.9 Å². The monoisotopic (exact) mass is 355 g/mol. The maximum Gasteiger partial charge on any atom is 0.251 e. The second kappa shape index (κ2) is 8.17. The third kappa shape index (κ3) is 4.20. The van der Waals surface area contributed by atoms with Gasteiger partial charge in [0, 0.05) is 30.1 Å². The van der Waals surface area contributed by atoms with Crippen LogP contribution in [0.2, 0.25) is 5.02 Å². The largest absolute Gasteiger partial charge is 0.352 e. The standard InChI is InChI=1S/C20H22ClN3O/c1-2-14-24-18-7-4-3-6-17(18)23-19(24)8-5-13-22-20(25)15-9-11-16(21)12-10-15/h3-4,6-7,9-12H,2,5,8,13-14H2,1H3,(H,22,25). The molecule has 0 saturated heterocycles. The van der Waals surface area contributed by atoms with Crippen LogP contribution in [0.15, 0.2) is 48.5 Å². The van der Waals surface area contributed by atoms with Gasteiger partial charge in [0.2, 0.25) is 0 Å². The maximum atomic E-state index is 12.1. The summed E-state index contributed by atoms with van der Waals surface area (Å²) < 4.78 is 2.29. The fourth-order valence-electron chi connectivity index (χ4n) is 2.94. The van der Waals surface area contributed by atoms with Gasteiger partial charge in [-0.2, -0.15) is 0 Å². The zero-order valence-corrected chi connectivity index (χ0v) is 15.1. The summed E-state index contributed by atoms with van der Waals surface area (Å²) in [5.41, 5.74) is 2.85. The Balaban J connectivity index is 1.58. The highest BCUT2D eigenvalue weighted by Gasteiger charge is 2.10. The lowest BCUT2D eigenvalue weighted by Gasteiger charge is -2.08. The maximum absolute atomic E-state index is 12.1. The topological polar surface area (TPSA) is 46.9 Å². The number of aromatic nitrogens is 2. The molecule has 0 unspecified atom stereocenters. The molecule has 0 fully saturated rings. The fraction of sp³-hybridized carbons (Fsp3) is 0.300. The lowest BCUT2D eigenvalue weighted by molar-refractivity contribution is 0.0953. The lowest BCUT2D eigenvalue weighted by Crippen LogP contribution is -2.24. The second-order valence-electron chi connectivity index (χ2n) is 6.03. The third-order valence-corrected chi connectivity index (χ3v) is 4.40. The first kappa shape index (κ1) is 17.5. The highest BCUT2D eigenvalue weighted by Crippen LogP contribution is 2.17. The number of imidazole rings is 1. The minimum absolute atomic E-state index is 0.0706. The van der Waals surface area contributed by atoms with Gasteiger partial charge in [-0.25, -0.2) is 4.98 Å². The Morgan fingerprint density at radius 3 is 2.68 bits per heavy atom. The van der Waals surface area contributed by atoms with Gasteiger partial charge in [0.25, 0.3) is 5.91 Å². The Kier molecular flexibility index (Phi) is 5.71. The molecule has 0 bridgehead atoms. The first-order valence-corrected chi connectivity index (χ1v) is 9.04. The average Bonchev–Trinajstić information content (AvgIpc) is 2.97. The summed E-state index contributed by atoms with van der Waals surface area (Å²) in [7, 11) is 0. The van der Waals surface area contributed by atoms with Crippen LogP contribution in [0.1, 0.15) is 35.9 Å². The van der Waals surface area contributed by atoms with Crippen molar-refractivity contribution in [2.45, 2.75) is 32.7 Å². The van der Waals surface area contributed by atoms with E-state index in [0.717, 1.165) is 37.1 Å². The van der Waals surface area contributed by atoms with Crippen LogP contribution in [0.3, 0.4) is 0 Å². The minimum atomic E-state index is -0.0706. The molecule has 25 heavy (non-hydrogen) atoms. The summed E-state index contributed by atoms with van der Waals surface area (Å²) in [5, 5.41) is 3.59. The molecule has 1 amide bonds. The Morgan fingerprint density at radius 1 is 1.16 bits per heavy atom. The number of benzene rings is 2. The highest BCUT2D eigenvalue weighted by atomic mass is 35.5. The van der Waals surface area contributed by atoms with E-state index < -0.39 is 0 Å². The molecule has 4 nitrogen and oxygen atoms in total. The first-order valence-electron chi connectivity index (χ1n) is 8.67. The Morgan fingerprint density at radius 2 is 1.92 bits per heavy atom. The normalized spacial score (nSPS) is 11.0. The average molecular weight is 356 g/mol. The van der Waals surface area contributed by atoms with E-state index in [1.165, 1.54) is 5.52 Å². The molecule has 0 aliphatic rings. The van der Waals surface area contributed by atoms with Gasteiger partial charge in [0.05, 0.1) is 11.0 Å². The first-order chi connectivity index (χ1) is 12.2. The molecule has 5 heteroatoms. The van der Waals surface area contributed by atoms with Crippen LogP contribution in [-0.2, 0) is 13.0 Å². The van der Waals surface area contributed by atoms with E-state index in [9.17, 15) is 4.79 Å². The number of carbonyl (C=O) groups is 1. The van der Waals surface area contributed by atoms with Crippen molar-refractivity contribution in [1.82, 2.24) is 14.9 Å². The number of nitrogens with one attached hydrogen (secondary N) is 1. The molecule has 1 N–H and O–H groups in total. The Labute approximate surface area is 152 Å². The number of amides is 1. The van der Waals surface area contributed by atoms with Gasteiger partial charge >= 0.3 is 0 Å². The zero-order chi connectivity index (χ0) is 17.6. The smallest absolute Gasteiger partial charge is 0.251 e. The number of carbonyl (C=O) groups excluding carboxylic acids is 1. The molecule has 0 aliphatic carbocycles. The second-order valence-corrected chi connectivity index (χ2v) is 6.47. The molecule has 0 spiro atoms. The third-order valence-electron chi connectivity index (χ3n) is 4.15. The minimum Gasteiger partial charge on any atom is -0.352 e. The van der Waals surface area contributed by atoms with Crippen LogP contribution >= 0.6 is 11.6 Å². The molecular formula is C20H22ClN3O. The van der Waals surface area contributed by atoms with Crippen LogP contribution in [0.4, 0.5) is 0 Å². The van der Waals surface area contributed by atoms with Gasteiger partial charge in [-0.15, -0.1) is 0 Å². The van der Waals surface area contributed by atoms with Crippen LogP contribution < -0.4 is 5.32 Å². The van der Waals surface area contributed by atoms with E-state index in [4.69, 9.17) is 16.6 Å². The summed E-state index contributed by atoms with van der Waals surface area (Å²) in [6, 6.07) is 15.1. The highest BCUT2D eigenvalue weighted by molar-refractivity contribution is 6.30. The van der Waals surface area contributed by atoms with E-state index >= 15 is 0 Å². The molecule has 0 aliphatic heterocycles. The molecule has 0 radical (unpaired) electrons. The summed E-state index contributed by atoms with van der Waals surface area (Å²) in [4.78, 5) is 16.9. The molecule has 0 saturated carbocycles. The van der Waals surface area contributed by atoms with E-state index in [1.807, 2.05) is 18.2 Å². The van der Waals surface area contributed by atoms with E-state index in [0.29, 0.717) is 17.1 Å². The van der Waals surface area contributed by atoms with Crippen LogP contribution in [0, 0.1) is 0 Å². The van der Waals surface area contributed by atoms with Crippen molar-refractivity contribution in [2.24, 2.45) is 0 Å². The number of fused-ring (bicyclic) bond motifs is 1. The summed E-state index contributed by atoms with van der Waals surface area (Å²) in [6.45, 7) is 3.76.